The number of anilines is 1. The SMILES string of the molecule is O=C(O)CCOc1cccc(N2CCOCC2=O)c1. The number of hydrogen-bond donors (Lipinski definition) is 1. The summed E-state index contributed by atoms with van der Waals surface area (Å²) in [7, 11) is 0. The Morgan fingerprint density at radius 2 is 2.32 bits per heavy atom. The molecular formula is C13H15NO5. The maximum Gasteiger partial charge on any atom is 0.306 e. The molecule has 1 aliphatic heterocycles. The number of aliphatic carboxylic acids is 1. The number of carboxylic acids is 1. The number of rotatable bonds is 5. The van der Waals surface area contributed by atoms with Crippen LogP contribution in [0.3, 0.4) is 0 Å². The van der Waals surface area contributed by atoms with Crippen LogP contribution in [0.1, 0.15) is 6.42 Å². The standard InChI is InChI=1S/C13H15NO5/c15-12-9-18-7-5-14(12)10-2-1-3-11(8-10)19-6-4-13(16)17/h1-3,8H,4-7,9H2,(H,16,17). The van der Waals surface area contributed by atoms with E-state index in [1.807, 2.05) is 6.07 Å². The molecule has 6 heteroatoms. The third-order valence-electron chi connectivity index (χ3n) is 2.70. The fourth-order valence-electron chi connectivity index (χ4n) is 1.79. The minimum atomic E-state index is -0.903. The maximum atomic E-state index is 11.7. The molecule has 1 N–H and O–H groups in total. The second-order valence-corrected chi connectivity index (χ2v) is 4.09. The van der Waals surface area contributed by atoms with E-state index in [9.17, 15) is 9.59 Å². The third kappa shape index (κ3) is 3.69. The van der Waals surface area contributed by atoms with E-state index < -0.39 is 5.97 Å². The summed E-state index contributed by atoms with van der Waals surface area (Å²) in [6.07, 6.45) is -0.0548. The van der Waals surface area contributed by atoms with Gasteiger partial charge in [-0.2, -0.15) is 0 Å². The number of morpholine rings is 1. The smallest absolute Gasteiger partial charge is 0.306 e. The molecule has 0 unspecified atom stereocenters. The zero-order valence-electron chi connectivity index (χ0n) is 10.4. The van der Waals surface area contributed by atoms with E-state index in [4.69, 9.17) is 14.6 Å². The fourth-order valence-corrected chi connectivity index (χ4v) is 1.79. The van der Waals surface area contributed by atoms with Crippen molar-refractivity contribution in [2.45, 2.75) is 6.42 Å². The second kappa shape index (κ2) is 6.19. The van der Waals surface area contributed by atoms with E-state index in [2.05, 4.69) is 0 Å². The number of amides is 1. The van der Waals surface area contributed by atoms with Crippen molar-refractivity contribution >= 4 is 17.6 Å². The highest BCUT2D eigenvalue weighted by Crippen LogP contribution is 2.22. The van der Waals surface area contributed by atoms with E-state index in [1.54, 1.807) is 23.1 Å². The van der Waals surface area contributed by atoms with E-state index in [-0.39, 0.29) is 25.5 Å². The zero-order chi connectivity index (χ0) is 13.7. The highest BCUT2D eigenvalue weighted by molar-refractivity contribution is 5.95. The Balaban J connectivity index is 2.01. The lowest BCUT2D eigenvalue weighted by atomic mass is 10.2. The normalized spacial score (nSPS) is 15.4. The van der Waals surface area contributed by atoms with Gasteiger partial charge in [0.2, 0.25) is 0 Å². The summed E-state index contributed by atoms with van der Waals surface area (Å²) in [4.78, 5) is 23.7. The molecule has 0 aromatic heterocycles. The largest absolute Gasteiger partial charge is 0.493 e. The van der Waals surface area contributed by atoms with Gasteiger partial charge in [-0.3, -0.25) is 9.59 Å². The van der Waals surface area contributed by atoms with Gasteiger partial charge in [0.15, 0.2) is 0 Å². The molecule has 2 rings (SSSR count). The number of hydrogen-bond acceptors (Lipinski definition) is 4. The molecule has 1 aromatic carbocycles. The summed E-state index contributed by atoms with van der Waals surface area (Å²) in [5.74, 6) is -0.438. The van der Waals surface area contributed by atoms with Crippen LogP contribution in [0.2, 0.25) is 0 Å². The van der Waals surface area contributed by atoms with Crippen LogP contribution >= 0.6 is 0 Å². The van der Waals surface area contributed by atoms with E-state index in [1.165, 1.54) is 0 Å². The van der Waals surface area contributed by atoms with E-state index in [0.717, 1.165) is 5.69 Å². The Morgan fingerprint density at radius 3 is 3.05 bits per heavy atom. The molecule has 0 radical (unpaired) electrons. The Hall–Kier alpha value is -2.08. The van der Waals surface area contributed by atoms with Gasteiger partial charge in [0.05, 0.1) is 19.6 Å². The van der Waals surface area contributed by atoms with Crippen LogP contribution < -0.4 is 9.64 Å². The summed E-state index contributed by atoms with van der Waals surface area (Å²) < 4.78 is 10.4. The molecule has 0 atom stereocenters. The van der Waals surface area contributed by atoms with Crippen molar-refractivity contribution in [2.75, 3.05) is 31.3 Å². The molecule has 1 fully saturated rings. The average molecular weight is 265 g/mol. The van der Waals surface area contributed by atoms with Gasteiger partial charge in [0.25, 0.3) is 5.91 Å². The fraction of sp³-hybridized carbons (Fsp3) is 0.385. The van der Waals surface area contributed by atoms with Gasteiger partial charge in [0.1, 0.15) is 12.4 Å². The molecule has 1 heterocycles. The first kappa shape index (κ1) is 13.4. The van der Waals surface area contributed by atoms with Crippen molar-refractivity contribution in [1.82, 2.24) is 0 Å². The number of carbonyl (C=O) groups is 2. The lowest BCUT2D eigenvalue weighted by Gasteiger charge is -2.27. The van der Waals surface area contributed by atoms with Gasteiger partial charge in [-0.1, -0.05) is 6.07 Å². The second-order valence-electron chi connectivity index (χ2n) is 4.09. The van der Waals surface area contributed by atoms with Crippen molar-refractivity contribution in [3.8, 4) is 5.75 Å². The zero-order valence-corrected chi connectivity index (χ0v) is 10.4. The minimum absolute atomic E-state index is 0.0548. The number of ether oxygens (including phenoxy) is 2. The topological polar surface area (TPSA) is 76.1 Å². The quantitative estimate of drug-likeness (QED) is 0.856. The predicted molar refractivity (Wildman–Crippen MR) is 67.4 cm³/mol. The molecule has 0 saturated carbocycles. The van der Waals surface area contributed by atoms with Crippen LogP contribution in [0.15, 0.2) is 24.3 Å². The minimum Gasteiger partial charge on any atom is -0.493 e. The highest BCUT2D eigenvalue weighted by Gasteiger charge is 2.20. The van der Waals surface area contributed by atoms with Crippen molar-refractivity contribution < 1.29 is 24.2 Å². The van der Waals surface area contributed by atoms with Crippen LogP contribution in [0.5, 0.6) is 5.75 Å². The molecule has 0 bridgehead atoms. The first-order valence-electron chi connectivity index (χ1n) is 5.99. The van der Waals surface area contributed by atoms with Crippen molar-refractivity contribution in [2.24, 2.45) is 0 Å². The number of carbonyl (C=O) groups excluding carboxylic acids is 1. The summed E-state index contributed by atoms with van der Waals surface area (Å²) in [5, 5.41) is 8.54. The highest BCUT2D eigenvalue weighted by atomic mass is 16.5. The molecule has 1 saturated heterocycles. The third-order valence-corrected chi connectivity index (χ3v) is 2.70. The molecular weight excluding hydrogens is 250 g/mol. The summed E-state index contributed by atoms with van der Waals surface area (Å²) in [6.45, 7) is 1.22. The Labute approximate surface area is 110 Å². The first-order chi connectivity index (χ1) is 9.16. The van der Waals surface area contributed by atoms with Crippen molar-refractivity contribution in [3.05, 3.63) is 24.3 Å². The van der Waals surface area contributed by atoms with Gasteiger partial charge in [0, 0.05) is 18.3 Å². The number of benzene rings is 1. The molecule has 0 aliphatic carbocycles. The van der Waals surface area contributed by atoms with Gasteiger partial charge in [-0.15, -0.1) is 0 Å². The molecule has 1 aliphatic rings. The maximum absolute atomic E-state index is 11.7. The van der Waals surface area contributed by atoms with Crippen molar-refractivity contribution in [3.63, 3.8) is 0 Å². The van der Waals surface area contributed by atoms with E-state index >= 15 is 0 Å². The Bertz CT molecular complexity index is 474. The number of carboxylic acid groups (broad SMARTS) is 1. The summed E-state index contributed by atoms with van der Waals surface area (Å²) >= 11 is 0. The lowest BCUT2D eigenvalue weighted by Crippen LogP contribution is -2.41. The van der Waals surface area contributed by atoms with Gasteiger partial charge >= 0.3 is 5.97 Å². The van der Waals surface area contributed by atoms with Gasteiger partial charge < -0.3 is 19.5 Å². The molecule has 102 valence electrons. The first-order valence-corrected chi connectivity index (χ1v) is 5.99. The Morgan fingerprint density at radius 1 is 1.47 bits per heavy atom. The van der Waals surface area contributed by atoms with Crippen LogP contribution in [-0.4, -0.2) is 43.3 Å². The van der Waals surface area contributed by atoms with Gasteiger partial charge in [-0.05, 0) is 12.1 Å². The van der Waals surface area contributed by atoms with Crippen LogP contribution in [0.25, 0.3) is 0 Å². The average Bonchev–Trinajstić information content (AvgIpc) is 2.39. The van der Waals surface area contributed by atoms with Crippen LogP contribution in [0, 0.1) is 0 Å². The molecule has 1 aromatic rings. The molecule has 1 amide bonds. The van der Waals surface area contributed by atoms with Crippen molar-refractivity contribution in [1.29, 1.82) is 0 Å². The lowest BCUT2D eigenvalue weighted by molar-refractivity contribution is -0.137. The Kier molecular flexibility index (Phi) is 4.35. The molecule has 0 spiro atoms. The van der Waals surface area contributed by atoms with Crippen LogP contribution in [0.4, 0.5) is 5.69 Å². The summed E-state index contributed by atoms with van der Waals surface area (Å²) in [5.41, 5.74) is 0.737. The van der Waals surface area contributed by atoms with Gasteiger partial charge in [-0.25, -0.2) is 0 Å². The van der Waals surface area contributed by atoms with Crippen LogP contribution in [-0.2, 0) is 14.3 Å². The molecule has 19 heavy (non-hydrogen) atoms. The predicted octanol–water partition coefficient (Wildman–Crippen LogP) is 0.903. The molecule has 6 nitrogen and oxygen atoms in total. The monoisotopic (exact) mass is 265 g/mol. The summed E-state index contributed by atoms with van der Waals surface area (Å²) in [6, 6.07) is 7.04. The van der Waals surface area contributed by atoms with E-state index in [0.29, 0.717) is 18.9 Å². The number of nitrogens with zero attached hydrogens (tertiary/aromatic N) is 1.